The van der Waals surface area contributed by atoms with E-state index >= 15 is 0 Å². The molecule has 8 nitrogen and oxygen atoms in total. The third kappa shape index (κ3) is 6.84. The van der Waals surface area contributed by atoms with Gasteiger partial charge < -0.3 is 20.5 Å². The first-order valence-corrected chi connectivity index (χ1v) is 12.1. The molecule has 2 fully saturated rings. The lowest BCUT2D eigenvalue weighted by molar-refractivity contribution is -0.137. The van der Waals surface area contributed by atoms with Gasteiger partial charge in [-0.15, -0.1) is 0 Å². The summed E-state index contributed by atoms with van der Waals surface area (Å²) in [4.78, 5) is 37.7. The van der Waals surface area contributed by atoms with Crippen LogP contribution in [0.4, 0.5) is 5.69 Å². The monoisotopic (exact) mass is 479 g/mol. The number of benzene rings is 1. The molecule has 33 heavy (non-hydrogen) atoms. The fourth-order valence-electron chi connectivity index (χ4n) is 5.16. The van der Waals surface area contributed by atoms with Crippen LogP contribution < -0.4 is 15.4 Å². The van der Waals surface area contributed by atoms with Gasteiger partial charge in [0.1, 0.15) is 5.75 Å². The Morgan fingerprint density at radius 2 is 1.85 bits per heavy atom. The highest BCUT2D eigenvalue weighted by Crippen LogP contribution is 2.35. The molecule has 0 aliphatic carbocycles. The number of methoxy groups -OCH3 is 1. The minimum absolute atomic E-state index is 0.0783. The topological polar surface area (TPSA) is 108 Å². The molecule has 182 valence electrons. The molecular formula is C24H34ClN3O5. The molecular weight excluding hydrogens is 446 g/mol. The number of nitrogens with zero attached hydrogens (tertiary/aromatic N) is 1. The number of carbonyl (C=O) groups excluding carboxylic acids is 2. The van der Waals surface area contributed by atoms with Crippen LogP contribution in [0.5, 0.6) is 5.75 Å². The maximum absolute atomic E-state index is 13.1. The molecule has 1 aromatic rings. The molecule has 0 radical (unpaired) electrons. The zero-order chi connectivity index (χ0) is 24.0. The summed E-state index contributed by atoms with van der Waals surface area (Å²) < 4.78 is 5.39. The van der Waals surface area contributed by atoms with Crippen LogP contribution in [0.15, 0.2) is 12.1 Å². The van der Waals surface area contributed by atoms with Crippen LogP contribution in [0.2, 0.25) is 5.02 Å². The van der Waals surface area contributed by atoms with Gasteiger partial charge in [-0.05, 0) is 51.1 Å². The van der Waals surface area contributed by atoms with E-state index in [2.05, 4.69) is 15.5 Å². The second kappa shape index (κ2) is 11.7. The SMILES string of the molecule is COc1cc(NC(C)=O)c(Cl)cc1C(=O)NC1CC2CCCC(C1)N2CCCCCC(=O)O. The summed E-state index contributed by atoms with van der Waals surface area (Å²) in [7, 11) is 1.48. The number of ether oxygens (including phenoxy) is 1. The molecule has 9 heteroatoms. The molecule has 2 saturated heterocycles. The highest BCUT2D eigenvalue weighted by Gasteiger charge is 2.38. The van der Waals surface area contributed by atoms with Crippen molar-refractivity contribution < 1.29 is 24.2 Å². The normalized spacial score (nSPS) is 22.5. The van der Waals surface area contributed by atoms with E-state index in [-0.39, 0.29) is 29.3 Å². The van der Waals surface area contributed by atoms with Crippen LogP contribution in [0.3, 0.4) is 0 Å². The lowest BCUT2D eigenvalue weighted by atomic mass is 9.81. The predicted molar refractivity (Wildman–Crippen MR) is 127 cm³/mol. The van der Waals surface area contributed by atoms with E-state index in [1.54, 1.807) is 6.07 Å². The number of amides is 2. The molecule has 2 aliphatic heterocycles. The van der Waals surface area contributed by atoms with Crippen molar-refractivity contribution in [1.29, 1.82) is 0 Å². The van der Waals surface area contributed by atoms with Gasteiger partial charge in [0, 0.05) is 37.5 Å². The number of piperidine rings is 2. The zero-order valence-electron chi connectivity index (χ0n) is 19.4. The highest BCUT2D eigenvalue weighted by molar-refractivity contribution is 6.34. The Bertz CT molecular complexity index is 864. The van der Waals surface area contributed by atoms with Crippen molar-refractivity contribution in [2.24, 2.45) is 0 Å². The molecule has 3 N–H and O–H groups in total. The summed E-state index contributed by atoms with van der Waals surface area (Å²) >= 11 is 6.28. The van der Waals surface area contributed by atoms with Crippen LogP contribution >= 0.6 is 11.6 Å². The number of anilines is 1. The summed E-state index contributed by atoms with van der Waals surface area (Å²) in [5.74, 6) is -0.851. The second-order valence-corrected chi connectivity index (χ2v) is 9.44. The number of carboxylic acid groups (broad SMARTS) is 1. The summed E-state index contributed by atoms with van der Waals surface area (Å²) in [6.07, 6.45) is 8.15. The molecule has 2 aliphatic rings. The second-order valence-electron chi connectivity index (χ2n) is 9.04. The molecule has 0 spiro atoms. The Balaban J connectivity index is 1.60. The first-order chi connectivity index (χ1) is 15.8. The van der Waals surface area contributed by atoms with Gasteiger partial charge in [0.05, 0.1) is 23.4 Å². The molecule has 2 bridgehead atoms. The van der Waals surface area contributed by atoms with E-state index < -0.39 is 5.97 Å². The Morgan fingerprint density at radius 3 is 2.45 bits per heavy atom. The van der Waals surface area contributed by atoms with Gasteiger partial charge in [-0.3, -0.25) is 19.3 Å². The average Bonchev–Trinajstić information content (AvgIpc) is 2.74. The van der Waals surface area contributed by atoms with Gasteiger partial charge >= 0.3 is 5.97 Å². The van der Waals surface area contributed by atoms with E-state index in [0.717, 1.165) is 51.5 Å². The molecule has 2 unspecified atom stereocenters. The summed E-state index contributed by atoms with van der Waals surface area (Å²) in [5, 5.41) is 14.9. The van der Waals surface area contributed by atoms with E-state index in [9.17, 15) is 14.4 Å². The van der Waals surface area contributed by atoms with Gasteiger partial charge in [0.25, 0.3) is 5.91 Å². The number of unbranched alkanes of at least 4 members (excludes halogenated alkanes) is 2. The van der Waals surface area contributed by atoms with Crippen molar-refractivity contribution in [3.8, 4) is 5.75 Å². The van der Waals surface area contributed by atoms with Crippen LogP contribution in [-0.4, -0.2) is 59.6 Å². The average molecular weight is 480 g/mol. The number of halogens is 1. The van der Waals surface area contributed by atoms with E-state index in [1.165, 1.54) is 26.5 Å². The summed E-state index contributed by atoms with van der Waals surface area (Å²) in [5.41, 5.74) is 0.756. The van der Waals surface area contributed by atoms with Gasteiger partial charge in [-0.25, -0.2) is 0 Å². The van der Waals surface area contributed by atoms with Crippen LogP contribution in [0.25, 0.3) is 0 Å². The lowest BCUT2D eigenvalue weighted by Gasteiger charge is -2.49. The van der Waals surface area contributed by atoms with Crippen molar-refractivity contribution in [3.63, 3.8) is 0 Å². The Kier molecular flexibility index (Phi) is 8.97. The minimum Gasteiger partial charge on any atom is -0.496 e. The maximum atomic E-state index is 13.1. The van der Waals surface area contributed by atoms with E-state index in [1.807, 2.05) is 0 Å². The van der Waals surface area contributed by atoms with Crippen molar-refractivity contribution in [2.75, 3.05) is 19.0 Å². The van der Waals surface area contributed by atoms with Crippen molar-refractivity contribution >= 4 is 35.1 Å². The predicted octanol–water partition coefficient (Wildman–Crippen LogP) is 4.07. The molecule has 2 atom stereocenters. The molecule has 2 heterocycles. The molecule has 0 aromatic heterocycles. The third-order valence-corrected chi connectivity index (χ3v) is 6.93. The summed E-state index contributed by atoms with van der Waals surface area (Å²) in [6, 6.07) is 4.06. The molecule has 0 saturated carbocycles. The van der Waals surface area contributed by atoms with Crippen molar-refractivity contribution in [2.45, 2.75) is 82.8 Å². The third-order valence-electron chi connectivity index (χ3n) is 6.61. The zero-order valence-corrected chi connectivity index (χ0v) is 20.1. The number of carbonyl (C=O) groups is 3. The van der Waals surface area contributed by atoms with Gasteiger partial charge in [-0.2, -0.15) is 0 Å². The molecule has 1 aromatic carbocycles. The maximum Gasteiger partial charge on any atom is 0.303 e. The Labute approximate surface area is 200 Å². The smallest absolute Gasteiger partial charge is 0.303 e. The number of carboxylic acids is 1. The van der Waals surface area contributed by atoms with Crippen molar-refractivity contribution in [3.05, 3.63) is 22.7 Å². The van der Waals surface area contributed by atoms with E-state index in [0.29, 0.717) is 29.1 Å². The fourth-order valence-corrected chi connectivity index (χ4v) is 5.37. The number of hydrogen-bond acceptors (Lipinski definition) is 5. The molecule has 2 amide bonds. The Morgan fingerprint density at radius 1 is 1.15 bits per heavy atom. The number of rotatable bonds is 10. The number of aliphatic carboxylic acids is 1. The van der Waals surface area contributed by atoms with Gasteiger partial charge in [-0.1, -0.05) is 24.4 Å². The number of fused-ring (bicyclic) bond motifs is 2. The largest absolute Gasteiger partial charge is 0.496 e. The number of hydrogen-bond donors (Lipinski definition) is 3. The van der Waals surface area contributed by atoms with Crippen LogP contribution in [-0.2, 0) is 9.59 Å². The Hall–Kier alpha value is -2.32. The first kappa shape index (κ1) is 25.3. The standard InChI is InChI=1S/C24H34ClN3O5/c1-15(29)26-21-14-22(33-2)19(13-20(21)25)24(32)27-16-11-17-7-6-8-18(12-16)28(17)10-5-3-4-9-23(30)31/h13-14,16-18H,3-12H2,1-2H3,(H,26,29)(H,27,32)(H,30,31). The van der Waals surface area contributed by atoms with Gasteiger partial charge in [0.15, 0.2) is 0 Å². The summed E-state index contributed by atoms with van der Waals surface area (Å²) in [6.45, 7) is 2.38. The van der Waals surface area contributed by atoms with Gasteiger partial charge in [0.2, 0.25) is 5.91 Å². The fraction of sp³-hybridized carbons (Fsp3) is 0.625. The van der Waals surface area contributed by atoms with Crippen LogP contribution in [0, 0.1) is 0 Å². The van der Waals surface area contributed by atoms with Crippen molar-refractivity contribution in [1.82, 2.24) is 10.2 Å². The quantitative estimate of drug-likeness (QED) is 0.436. The highest BCUT2D eigenvalue weighted by atomic mass is 35.5. The number of nitrogens with one attached hydrogen (secondary N) is 2. The molecule has 3 rings (SSSR count). The lowest BCUT2D eigenvalue weighted by Crippen LogP contribution is -2.57. The van der Waals surface area contributed by atoms with E-state index in [4.69, 9.17) is 21.4 Å². The first-order valence-electron chi connectivity index (χ1n) is 11.7. The van der Waals surface area contributed by atoms with Crippen LogP contribution in [0.1, 0.15) is 75.1 Å². The minimum atomic E-state index is -0.730.